The molecule has 0 amide bonds. The lowest BCUT2D eigenvalue weighted by molar-refractivity contribution is -0.254. The van der Waals surface area contributed by atoms with Gasteiger partial charge in [0.25, 0.3) is 0 Å². The summed E-state index contributed by atoms with van der Waals surface area (Å²) in [5.74, 6) is 0. The average molecular weight is 208 g/mol. The van der Waals surface area contributed by atoms with Crippen molar-refractivity contribution in [3.63, 3.8) is 0 Å². The van der Waals surface area contributed by atoms with E-state index >= 15 is 0 Å². The molecule has 1 aliphatic rings. The second kappa shape index (κ2) is 7.10. The van der Waals surface area contributed by atoms with Gasteiger partial charge in [-0.1, -0.05) is 0 Å². The van der Waals surface area contributed by atoms with Crippen molar-refractivity contribution < 1.29 is 29.2 Å². The molecule has 0 aromatic rings. The lowest BCUT2D eigenvalue weighted by Gasteiger charge is -2.21. The van der Waals surface area contributed by atoms with Crippen LogP contribution in [-0.2, 0) is 18.9 Å². The van der Waals surface area contributed by atoms with Gasteiger partial charge in [-0.15, -0.1) is 0 Å². The molecule has 2 N–H and O–H groups in total. The third kappa shape index (κ3) is 3.87. The first kappa shape index (κ1) is 11.8. The van der Waals surface area contributed by atoms with Gasteiger partial charge in [0.05, 0.1) is 39.6 Å². The normalized spacial score (nSPS) is 18.2. The number of aliphatic hydroxyl groups is 2. The van der Waals surface area contributed by atoms with Crippen LogP contribution in [0.5, 0.6) is 0 Å². The molecule has 1 heterocycles. The molecule has 6 nitrogen and oxygen atoms in total. The third-order valence-electron chi connectivity index (χ3n) is 1.62. The molecule has 0 spiro atoms. The largest absolute Gasteiger partial charge is 0.394 e. The van der Waals surface area contributed by atoms with Crippen molar-refractivity contribution >= 4 is 0 Å². The first-order valence-corrected chi connectivity index (χ1v) is 4.56. The van der Waals surface area contributed by atoms with Gasteiger partial charge in [0, 0.05) is 0 Å². The molecule has 14 heavy (non-hydrogen) atoms. The van der Waals surface area contributed by atoms with Gasteiger partial charge in [-0.25, -0.2) is 0 Å². The highest BCUT2D eigenvalue weighted by atomic mass is 16.8. The smallest absolute Gasteiger partial charge is 0.209 e. The van der Waals surface area contributed by atoms with Crippen LogP contribution in [0.1, 0.15) is 0 Å². The Hall–Kier alpha value is -0.240. The van der Waals surface area contributed by atoms with Crippen LogP contribution in [0.4, 0.5) is 0 Å². The molecule has 1 fully saturated rings. The highest BCUT2D eigenvalue weighted by Crippen LogP contribution is 2.12. The molecule has 0 radical (unpaired) electrons. The number of hydrogen-bond acceptors (Lipinski definition) is 6. The Bertz CT molecular complexity index is 128. The summed E-state index contributed by atoms with van der Waals surface area (Å²) >= 11 is 0. The van der Waals surface area contributed by atoms with Crippen LogP contribution in [0.3, 0.4) is 0 Å². The fourth-order valence-corrected chi connectivity index (χ4v) is 1.08. The molecular weight excluding hydrogens is 192 g/mol. The van der Waals surface area contributed by atoms with E-state index < -0.39 is 12.6 Å². The van der Waals surface area contributed by atoms with E-state index in [0.29, 0.717) is 13.2 Å². The van der Waals surface area contributed by atoms with Crippen molar-refractivity contribution in [3.05, 3.63) is 0 Å². The van der Waals surface area contributed by atoms with Gasteiger partial charge in [0.2, 0.25) is 12.6 Å². The molecule has 0 aliphatic carbocycles. The molecule has 0 bridgehead atoms. The molecule has 6 heteroatoms. The quantitative estimate of drug-likeness (QED) is 0.506. The molecule has 0 saturated carbocycles. The third-order valence-corrected chi connectivity index (χ3v) is 1.62. The van der Waals surface area contributed by atoms with Gasteiger partial charge in [-0.2, -0.15) is 0 Å². The van der Waals surface area contributed by atoms with Crippen molar-refractivity contribution in [3.8, 4) is 0 Å². The summed E-state index contributed by atoms with van der Waals surface area (Å²) in [6, 6.07) is 0. The highest BCUT2D eigenvalue weighted by molar-refractivity contribution is 4.57. The number of aliphatic hydroxyl groups excluding tert-OH is 2. The van der Waals surface area contributed by atoms with Crippen molar-refractivity contribution in [2.45, 2.75) is 12.6 Å². The lowest BCUT2D eigenvalue weighted by atomic mass is 10.6. The minimum absolute atomic E-state index is 0.0916. The molecule has 0 aromatic heterocycles. The predicted molar refractivity (Wildman–Crippen MR) is 45.6 cm³/mol. The maximum absolute atomic E-state index is 8.57. The Morgan fingerprint density at radius 1 is 1.07 bits per heavy atom. The predicted octanol–water partition coefficient (Wildman–Crippen LogP) is -1.30. The van der Waals surface area contributed by atoms with Crippen LogP contribution >= 0.6 is 0 Å². The Labute approximate surface area is 82.3 Å². The Morgan fingerprint density at radius 2 is 1.57 bits per heavy atom. The Kier molecular flexibility index (Phi) is 6.00. The van der Waals surface area contributed by atoms with Crippen molar-refractivity contribution in [1.82, 2.24) is 0 Å². The van der Waals surface area contributed by atoms with Gasteiger partial charge in [0.1, 0.15) is 0 Å². The van der Waals surface area contributed by atoms with E-state index in [2.05, 4.69) is 0 Å². The molecular formula is C8H16O6. The van der Waals surface area contributed by atoms with Gasteiger partial charge < -0.3 is 29.2 Å². The van der Waals surface area contributed by atoms with Crippen molar-refractivity contribution in [2.75, 3.05) is 39.6 Å². The Morgan fingerprint density at radius 3 is 2.00 bits per heavy atom. The number of rotatable bonds is 7. The first-order chi connectivity index (χ1) is 6.88. The van der Waals surface area contributed by atoms with Gasteiger partial charge in [-0.05, 0) is 0 Å². The molecule has 1 saturated heterocycles. The zero-order chi connectivity index (χ0) is 10.2. The summed E-state index contributed by atoms with van der Waals surface area (Å²) in [6.45, 7) is 1.13. The minimum Gasteiger partial charge on any atom is -0.394 e. The zero-order valence-electron chi connectivity index (χ0n) is 7.92. The average Bonchev–Trinajstić information content (AvgIpc) is 2.71. The number of ether oxygens (including phenoxy) is 4. The molecule has 84 valence electrons. The second-order valence-electron chi connectivity index (χ2n) is 2.67. The van der Waals surface area contributed by atoms with E-state index in [0.717, 1.165) is 0 Å². The van der Waals surface area contributed by atoms with Crippen molar-refractivity contribution in [2.24, 2.45) is 0 Å². The van der Waals surface area contributed by atoms with E-state index in [1.54, 1.807) is 0 Å². The molecule has 0 atom stereocenters. The topological polar surface area (TPSA) is 77.4 Å². The standard InChI is InChI=1S/C8H16O6/c9-1-3-11-7(12-4-2-10)8-13-5-6-14-8/h7-10H,1-6H2. The van der Waals surface area contributed by atoms with Gasteiger partial charge in [-0.3, -0.25) is 0 Å². The van der Waals surface area contributed by atoms with Crippen LogP contribution < -0.4 is 0 Å². The maximum Gasteiger partial charge on any atom is 0.209 e. The molecule has 1 aliphatic heterocycles. The zero-order valence-corrected chi connectivity index (χ0v) is 7.92. The van der Waals surface area contributed by atoms with E-state index in [9.17, 15) is 0 Å². The van der Waals surface area contributed by atoms with E-state index in [1.807, 2.05) is 0 Å². The van der Waals surface area contributed by atoms with Crippen LogP contribution in [0.2, 0.25) is 0 Å². The van der Waals surface area contributed by atoms with Gasteiger partial charge in [0.15, 0.2) is 0 Å². The van der Waals surface area contributed by atoms with Crippen LogP contribution in [0.25, 0.3) is 0 Å². The van der Waals surface area contributed by atoms with E-state index in [1.165, 1.54) is 0 Å². The van der Waals surface area contributed by atoms with Crippen LogP contribution in [0.15, 0.2) is 0 Å². The van der Waals surface area contributed by atoms with E-state index in [-0.39, 0.29) is 26.4 Å². The van der Waals surface area contributed by atoms with Crippen LogP contribution in [-0.4, -0.2) is 62.4 Å². The highest BCUT2D eigenvalue weighted by Gasteiger charge is 2.28. The fraction of sp³-hybridized carbons (Fsp3) is 1.00. The van der Waals surface area contributed by atoms with Crippen molar-refractivity contribution in [1.29, 1.82) is 0 Å². The van der Waals surface area contributed by atoms with Gasteiger partial charge >= 0.3 is 0 Å². The van der Waals surface area contributed by atoms with E-state index in [4.69, 9.17) is 29.2 Å². The molecule has 0 unspecified atom stereocenters. The van der Waals surface area contributed by atoms with Crippen LogP contribution in [0, 0.1) is 0 Å². The Balaban J connectivity index is 2.26. The molecule has 1 rings (SSSR count). The molecule has 0 aromatic carbocycles. The summed E-state index contributed by atoms with van der Waals surface area (Å²) in [5.41, 5.74) is 0. The summed E-state index contributed by atoms with van der Waals surface area (Å²) < 4.78 is 20.6. The minimum atomic E-state index is -0.684. The fourth-order valence-electron chi connectivity index (χ4n) is 1.08. The number of hydrogen-bond donors (Lipinski definition) is 2. The summed E-state index contributed by atoms with van der Waals surface area (Å²) in [4.78, 5) is 0. The maximum atomic E-state index is 8.57. The first-order valence-electron chi connectivity index (χ1n) is 4.56. The monoisotopic (exact) mass is 208 g/mol. The summed E-state index contributed by atoms with van der Waals surface area (Å²) in [7, 11) is 0. The lowest BCUT2D eigenvalue weighted by Crippen LogP contribution is -2.34. The summed E-state index contributed by atoms with van der Waals surface area (Å²) in [6.07, 6.45) is -1.25. The summed E-state index contributed by atoms with van der Waals surface area (Å²) in [5, 5.41) is 17.1. The SMILES string of the molecule is OCCOC(OCCO)C1OCCO1. The second-order valence-corrected chi connectivity index (χ2v) is 2.67.